The molecule has 1 aromatic rings. The van der Waals surface area contributed by atoms with Gasteiger partial charge in [0.15, 0.2) is 6.61 Å². The lowest BCUT2D eigenvalue weighted by Crippen LogP contribution is -2.48. The minimum absolute atomic E-state index is 0.0180. The van der Waals surface area contributed by atoms with E-state index in [4.69, 9.17) is 4.74 Å². The van der Waals surface area contributed by atoms with E-state index in [1.807, 2.05) is 34.9 Å². The molecular formula is C22H32N2O3. The van der Waals surface area contributed by atoms with Gasteiger partial charge in [-0.3, -0.25) is 9.59 Å². The van der Waals surface area contributed by atoms with Crippen LogP contribution >= 0.6 is 0 Å². The minimum Gasteiger partial charge on any atom is -0.484 e. The van der Waals surface area contributed by atoms with E-state index >= 15 is 0 Å². The van der Waals surface area contributed by atoms with Crippen LogP contribution in [0.1, 0.15) is 44.2 Å². The smallest absolute Gasteiger partial charge is 0.260 e. The largest absolute Gasteiger partial charge is 0.484 e. The first kappa shape index (κ1) is 19.7. The van der Waals surface area contributed by atoms with Gasteiger partial charge in [-0.2, -0.15) is 0 Å². The van der Waals surface area contributed by atoms with Crippen LogP contribution in [-0.2, 0) is 9.59 Å². The molecule has 1 saturated heterocycles. The van der Waals surface area contributed by atoms with Crippen LogP contribution < -0.4 is 4.74 Å². The number of ether oxygens (including phenoxy) is 1. The predicted octanol–water partition coefficient (Wildman–Crippen LogP) is 3.18. The molecule has 0 spiro atoms. The number of rotatable bonds is 6. The Morgan fingerprint density at radius 2 is 1.96 bits per heavy atom. The van der Waals surface area contributed by atoms with Crippen LogP contribution in [0.3, 0.4) is 0 Å². The average molecular weight is 373 g/mol. The fraction of sp³-hybridized carbons (Fsp3) is 0.636. The van der Waals surface area contributed by atoms with Gasteiger partial charge >= 0.3 is 0 Å². The Hall–Kier alpha value is -2.04. The summed E-state index contributed by atoms with van der Waals surface area (Å²) in [5, 5.41) is 0. The zero-order valence-corrected chi connectivity index (χ0v) is 17.0. The molecule has 1 aliphatic carbocycles. The summed E-state index contributed by atoms with van der Waals surface area (Å²) in [6.45, 7) is 10.3. The monoisotopic (exact) mass is 372 g/mol. The van der Waals surface area contributed by atoms with Gasteiger partial charge in [0.1, 0.15) is 5.75 Å². The minimum atomic E-state index is -0.0417. The molecule has 148 valence electrons. The van der Waals surface area contributed by atoms with E-state index in [9.17, 15) is 9.59 Å². The third-order valence-electron chi connectivity index (χ3n) is 5.84. The van der Waals surface area contributed by atoms with Crippen LogP contribution in [0, 0.1) is 25.7 Å². The van der Waals surface area contributed by atoms with Crippen LogP contribution in [0.5, 0.6) is 5.75 Å². The molecule has 5 nitrogen and oxygen atoms in total. The van der Waals surface area contributed by atoms with Gasteiger partial charge in [0.25, 0.3) is 5.91 Å². The van der Waals surface area contributed by atoms with Crippen molar-refractivity contribution in [2.24, 2.45) is 11.8 Å². The van der Waals surface area contributed by atoms with Crippen molar-refractivity contribution >= 4 is 11.8 Å². The molecule has 2 aliphatic rings. The zero-order chi connectivity index (χ0) is 19.6. The summed E-state index contributed by atoms with van der Waals surface area (Å²) in [6.07, 6.45) is 2.85. The number of aryl methyl sites for hydroxylation is 2. The molecule has 3 rings (SSSR count). The number of carbonyl (C=O) groups excluding carboxylic acids is 2. The highest BCUT2D eigenvalue weighted by molar-refractivity contribution is 5.81. The lowest BCUT2D eigenvalue weighted by atomic mass is 10.0. The fourth-order valence-corrected chi connectivity index (χ4v) is 3.63. The predicted molar refractivity (Wildman–Crippen MR) is 106 cm³/mol. The molecule has 1 aromatic carbocycles. The van der Waals surface area contributed by atoms with Gasteiger partial charge < -0.3 is 14.5 Å². The normalized spacial score (nSPS) is 20.8. The Bertz CT molecular complexity index is 697. The average Bonchev–Trinajstić information content (AvgIpc) is 3.45. The van der Waals surface area contributed by atoms with Crippen molar-refractivity contribution < 1.29 is 14.3 Å². The van der Waals surface area contributed by atoms with Crippen molar-refractivity contribution in [1.29, 1.82) is 0 Å². The maximum Gasteiger partial charge on any atom is 0.260 e. The first-order chi connectivity index (χ1) is 12.8. The van der Waals surface area contributed by atoms with Crippen LogP contribution in [0.25, 0.3) is 0 Å². The van der Waals surface area contributed by atoms with Crippen LogP contribution in [0.15, 0.2) is 18.2 Å². The molecule has 27 heavy (non-hydrogen) atoms. The zero-order valence-electron chi connectivity index (χ0n) is 17.0. The summed E-state index contributed by atoms with van der Waals surface area (Å²) in [5.74, 6) is 1.84. The Balaban J connectivity index is 1.63. The Morgan fingerprint density at radius 3 is 2.59 bits per heavy atom. The van der Waals surface area contributed by atoms with E-state index in [2.05, 4.69) is 20.8 Å². The highest BCUT2D eigenvalue weighted by Gasteiger charge is 2.36. The quantitative estimate of drug-likeness (QED) is 0.771. The summed E-state index contributed by atoms with van der Waals surface area (Å²) in [6, 6.07) is 5.95. The van der Waals surface area contributed by atoms with Gasteiger partial charge in [-0.15, -0.1) is 0 Å². The van der Waals surface area contributed by atoms with Crippen molar-refractivity contribution in [2.75, 3.05) is 26.2 Å². The molecule has 0 N–H and O–H groups in total. The maximum atomic E-state index is 12.8. The molecule has 5 heteroatoms. The number of amides is 2. The summed E-state index contributed by atoms with van der Waals surface area (Å²) in [7, 11) is 0. The Morgan fingerprint density at radius 1 is 1.22 bits per heavy atom. The van der Waals surface area contributed by atoms with E-state index in [0.29, 0.717) is 37.1 Å². The molecule has 2 amide bonds. The number of hydrogen-bond acceptors (Lipinski definition) is 3. The van der Waals surface area contributed by atoms with E-state index in [-0.39, 0.29) is 24.5 Å². The SMILES string of the molecule is Cc1ccc(OCC(=O)N2CCC(=O)N(CC3CC3)[C@H](C(C)C)C2)cc1C. The van der Waals surface area contributed by atoms with Gasteiger partial charge in [0.2, 0.25) is 5.91 Å². The summed E-state index contributed by atoms with van der Waals surface area (Å²) >= 11 is 0. The number of nitrogens with zero attached hydrogens (tertiary/aromatic N) is 2. The van der Waals surface area contributed by atoms with Crippen LogP contribution in [0.4, 0.5) is 0 Å². The number of benzene rings is 1. The first-order valence-corrected chi connectivity index (χ1v) is 10.1. The van der Waals surface area contributed by atoms with Gasteiger partial charge in [0.05, 0.1) is 6.04 Å². The third kappa shape index (κ3) is 5.02. The van der Waals surface area contributed by atoms with Gasteiger partial charge in [0, 0.05) is 26.1 Å². The lowest BCUT2D eigenvalue weighted by Gasteiger charge is -2.34. The van der Waals surface area contributed by atoms with Crippen molar-refractivity contribution in [3.63, 3.8) is 0 Å². The molecular weight excluding hydrogens is 340 g/mol. The summed E-state index contributed by atoms with van der Waals surface area (Å²) in [4.78, 5) is 29.3. The van der Waals surface area contributed by atoms with E-state index in [0.717, 1.165) is 12.1 Å². The Kier molecular flexibility index (Phi) is 6.08. The molecule has 0 unspecified atom stereocenters. The Labute approximate surface area is 162 Å². The second kappa shape index (κ2) is 8.32. The molecule has 1 atom stereocenters. The van der Waals surface area contributed by atoms with Gasteiger partial charge in [-0.25, -0.2) is 0 Å². The highest BCUT2D eigenvalue weighted by Crippen LogP contribution is 2.32. The third-order valence-corrected chi connectivity index (χ3v) is 5.84. The molecule has 0 radical (unpaired) electrons. The van der Waals surface area contributed by atoms with Crippen LogP contribution in [-0.4, -0.2) is 53.9 Å². The van der Waals surface area contributed by atoms with E-state index in [1.165, 1.54) is 18.4 Å². The molecule has 1 aliphatic heterocycles. The van der Waals surface area contributed by atoms with Gasteiger partial charge in [-0.05, 0) is 61.8 Å². The van der Waals surface area contributed by atoms with E-state index in [1.54, 1.807) is 0 Å². The highest BCUT2D eigenvalue weighted by atomic mass is 16.5. The van der Waals surface area contributed by atoms with Crippen molar-refractivity contribution in [2.45, 2.75) is 53.0 Å². The second-order valence-corrected chi connectivity index (χ2v) is 8.43. The standard InChI is InChI=1S/C22H32N2O3/c1-15(2)20-13-23(10-9-21(25)24(20)12-18-6-7-18)22(26)14-27-19-8-5-16(3)17(4)11-19/h5,8,11,15,18,20H,6-7,9-10,12-14H2,1-4H3/t20-/m0/s1. The van der Waals surface area contributed by atoms with Crippen LogP contribution in [0.2, 0.25) is 0 Å². The molecule has 2 fully saturated rings. The molecule has 1 saturated carbocycles. The van der Waals surface area contributed by atoms with Crippen molar-refractivity contribution in [3.8, 4) is 5.75 Å². The fourth-order valence-electron chi connectivity index (χ4n) is 3.63. The lowest BCUT2D eigenvalue weighted by molar-refractivity contribution is -0.135. The van der Waals surface area contributed by atoms with Crippen molar-refractivity contribution in [1.82, 2.24) is 9.80 Å². The maximum absolute atomic E-state index is 12.8. The molecule has 0 bridgehead atoms. The topological polar surface area (TPSA) is 49.9 Å². The molecule has 1 heterocycles. The number of hydrogen-bond donors (Lipinski definition) is 0. The number of carbonyl (C=O) groups is 2. The summed E-state index contributed by atoms with van der Waals surface area (Å²) in [5.41, 5.74) is 2.35. The first-order valence-electron chi connectivity index (χ1n) is 10.1. The van der Waals surface area contributed by atoms with Gasteiger partial charge in [-0.1, -0.05) is 19.9 Å². The molecule has 0 aromatic heterocycles. The van der Waals surface area contributed by atoms with Crippen molar-refractivity contribution in [3.05, 3.63) is 29.3 Å². The van der Waals surface area contributed by atoms with E-state index < -0.39 is 0 Å². The summed E-state index contributed by atoms with van der Waals surface area (Å²) < 4.78 is 5.73. The second-order valence-electron chi connectivity index (χ2n) is 8.43.